The number of hydrogen-bond acceptors (Lipinski definition) is 8. The molecule has 2 saturated heterocycles. The molecule has 1 aromatic carbocycles. The van der Waals surface area contributed by atoms with E-state index in [0.29, 0.717) is 16.5 Å². The number of hydrogen-bond donors (Lipinski definition) is 2. The fourth-order valence-electron chi connectivity index (χ4n) is 7.43. The van der Waals surface area contributed by atoms with Gasteiger partial charge in [-0.05, 0) is 44.7 Å². The maximum absolute atomic E-state index is 14.9. The average Bonchev–Trinajstić information content (AvgIpc) is 3.60. The number of nitrogens with zero attached hydrogens (tertiary/aromatic N) is 2. The number of methoxy groups -OCH3 is 1. The Balaban J connectivity index is 1.68. The van der Waals surface area contributed by atoms with Gasteiger partial charge in [-0.15, -0.1) is 0 Å². The Kier molecular flexibility index (Phi) is 10.4. The van der Waals surface area contributed by atoms with E-state index in [9.17, 15) is 24.3 Å². The molecule has 4 heterocycles. The zero-order valence-electron chi connectivity index (χ0n) is 27.9. The zero-order valence-corrected chi connectivity index (χ0v) is 29.4. The molecule has 8 atom stereocenters. The lowest BCUT2D eigenvalue weighted by molar-refractivity contribution is -0.163. The highest BCUT2D eigenvalue weighted by atomic mass is 79.9. The number of benzene rings is 1. The standard InChI is InChI=1S/C35H46BrN3O8/c1-20(2)24(18-40)39-30-32(43)38(34(3,4)5)16-12-8-11-15-25(41)37-23(19-45-6)28(21-13-9-7-10-14-21)46-33(44)26-27(31(39)42)35(30)17-22(36)29(26)47-35/h7-10,12-14,17,20,23-24,26-30,40H,11,15-16,18-19H2,1-6H3,(H,37,41)/b12-8-/t23-,24-,26+,27-,28-,29+,30+,35-/m0/s1. The minimum absolute atomic E-state index is 0.0619. The molecule has 0 saturated carbocycles. The van der Waals surface area contributed by atoms with Gasteiger partial charge in [0.1, 0.15) is 29.8 Å². The topological polar surface area (TPSA) is 135 Å². The second-order valence-corrected chi connectivity index (χ2v) is 15.0. The van der Waals surface area contributed by atoms with Gasteiger partial charge in [0, 0.05) is 30.1 Å². The first-order chi connectivity index (χ1) is 22.3. The number of aliphatic hydroxyl groups is 1. The maximum Gasteiger partial charge on any atom is 0.313 e. The third-order valence-electron chi connectivity index (χ3n) is 9.68. The summed E-state index contributed by atoms with van der Waals surface area (Å²) in [5.74, 6) is -4.12. The largest absolute Gasteiger partial charge is 0.455 e. The van der Waals surface area contributed by atoms with Crippen LogP contribution in [-0.2, 0) is 33.4 Å². The molecule has 0 unspecified atom stereocenters. The van der Waals surface area contributed by atoms with Crippen molar-refractivity contribution in [3.63, 3.8) is 0 Å². The lowest BCUT2D eigenvalue weighted by Gasteiger charge is -2.43. The molecule has 0 aromatic heterocycles. The summed E-state index contributed by atoms with van der Waals surface area (Å²) in [5, 5.41) is 13.6. The number of carbonyl (C=O) groups excluding carboxylic acids is 4. The number of ether oxygens (including phenoxy) is 3. The van der Waals surface area contributed by atoms with Crippen molar-refractivity contribution in [2.45, 2.75) is 88.9 Å². The molecule has 1 spiro atoms. The molecule has 2 N–H and O–H groups in total. The molecule has 4 aliphatic rings. The average molecular weight is 717 g/mol. The number of nitrogens with one attached hydrogen (secondary N) is 1. The number of esters is 1. The first kappa shape index (κ1) is 35.3. The van der Waals surface area contributed by atoms with Crippen molar-refractivity contribution in [3.8, 4) is 0 Å². The van der Waals surface area contributed by atoms with Gasteiger partial charge in [-0.3, -0.25) is 19.2 Å². The number of rotatable bonds is 6. The van der Waals surface area contributed by atoms with E-state index in [4.69, 9.17) is 14.2 Å². The molecule has 47 heavy (non-hydrogen) atoms. The maximum atomic E-state index is 14.9. The SMILES string of the molecule is COC[C@@H]1NC(=O)CC/C=C\CN(C(C)(C)C)C(=O)[C@H]2N([C@@H](CO)C(C)C)C(=O)[C@@H]3[C@@H](C(=O)O[C@H]1c1ccccc1)[C@@H]1O[C@@]32C=C1Br. The van der Waals surface area contributed by atoms with Crippen molar-refractivity contribution >= 4 is 39.6 Å². The van der Waals surface area contributed by atoms with Crippen molar-refractivity contribution in [3.05, 3.63) is 58.6 Å². The molecule has 5 rings (SSSR count). The summed E-state index contributed by atoms with van der Waals surface area (Å²) in [7, 11) is 1.51. The summed E-state index contributed by atoms with van der Waals surface area (Å²) in [6.07, 6.45) is 4.24. The molecular weight excluding hydrogens is 670 g/mol. The van der Waals surface area contributed by atoms with Crippen LogP contribution < -0.4 is 5.32 Å². The van der Waals surface area contributed by atoms with E-state index in [1.807, 2.05) is 65.0 Å². The third-order valence-corrected chi connectivity index (χ3v) is 10.4. The van der Waals surface area contributed by atoms with Gasteiger partial charge < -0.3 is 34.4 Å². The Morgan fingerprint density at radius 1 is 1.09 bits per heavy atom. The molecule has 3 amide bonds. The summed E-state index contributed by atoms with van der Waals surface area (Å²) in [4.78, 5) is 60.3. The zero-order chi connectivity index (χ0) is 34.3. The van der Waals surface area contributed by atoms with Crippen molar-refractivity contribution < 1.29 is 38.5 Å². The van der Waals surface area contributed by atoms with Gasteiger partial charge in [0.05, 0.1) is 31.2 Å². The van der Waals surface area contributed by atoms with Gasteiger partial charge in [-0.25, -0.2) is 0 Å². The summed E-state index contributed by atoms with van der Waals surface area (Å²) in [6, 6.07) is 6.50. The van der Waals surface area contributed by atoms with Gasteiger partial charge in [0.15, 0.2) is 0 Å². The lowest BCUT2D eigenvalue weighted by atomic mass is 9.74. The lowest BCUT2D eigenvalue weighted by Crippen LogP contribution is -2.62. The molecule has 0 radical (unpaired) electrons. The van der Waals surface area contributed by atoms with Crippen LogP contribution in [0.2, 0.25) is 0 Å². The number of cyclic esters (lactones) is 1. The second kappa shape index (κ2) is 13.8. The minimum Gasteiger partial charge on any atom is -0.455 e. The fraction of sp³-hybridized carbons (Fsp3) is 0.600. The second-order valence-electron chi connectivity index (χ2n) is 14.1. The summed E-state index contributed by atoms with van der Waals surface area (Å²) < 4.78 is 18.9. The van der Waals surface area contributed by atoms with Gasteiger partial charge in [-0.2, -0.15) is 0 Å². The number of amides is 3. The number of halogens is 1. The van der Waals surface area contributed by atoms with Crippen molar-refractivity contribution in [1.29, 1.82) is 0 Å². The Hall–Kier alpha value is -3.06. The highest BCUT2D eigenvalue weighted by Gasteiger charge is 2.76. The van der Waals surface area contributed by atoms with Crippen LogP contribution in [0.3, 0.4) is 0 Å². The highest BCUT2D eigenvalue weighted by molar-refractivity contribution is 9.11. The minimum atomic E-state index is -1.48. The predicted octanol–water partition coefficient (Wildman–Crippen LogP) is 3.27. The van der Waals surface area contributed by atoms with Crippen molar-refractivity contribution in [2.75, 3.05) is 26.9 Å². The summed E-state index contributed by atoms with van der Waals surface area (Å²) in [5.41, 5.74) is -1.50. The van der Waals surface area contributed by atoms with Crippen molar-refractivity contribution in [1.82, 2.24) is 15.1 Å². The molecule has 12 heteroatoms. The Morgan fingerprint density at radius 3 is 2.40 bits per heavy atom. The normalized spacial score (nSPS) is 33.1. The first-order valence-electron chi connectivity index (χ1n) is 16.3. The Bertz CT molecular complexity index is 1430. The molecule has 4 aliphatic heterocycles. The smallest absolute Gasteiger partial charge is 0.313 e. The van der Waals surface area contributed by atoms with Gasteiger partial charge in [-0.1, -0.05) is 72.3 Å². The van der Waals surface area contributed by atoms with Crippen LogP contribution in [0, 0.1) is 17.8 Å². The molecule has 256 valence electrons. The number of aliphatic hydroxyl groups excluding tert-OH is 1. The number of fused-ring (bicyclic) bond motifs is 2. The Morgan fingerprint density at radius 2 is 1.79 bits per heavy atom. The molecular formula is C35H46BrN3O8. The van der Waals surface area contributed by atoms with Crippen LogP contribution in [0.1, 0.15) is 59.1 Å². The van der Waals surface area contributed by atoms with Gasteiger partial charge >= 0.3 is 5.97 Å². The molecule has 5 bridgehead atoms. The van der Waals surface area contributed by atoms with Gasteiger partial charge in [0.2, 0.25) is 17.7 Å². The van der Waals surface area contributed by atoms with E-state index in [0.717, 1.165) is 0 Å². The quantitative estimate of drug-likeness (QED) is 0.339. The molecule has 0 aliphatic carbocycles. The molecule has 1 aromatic rings. The summed E-state index contributed by atoms with van der Waals surface area (Å²) >= 11 is 3.60. The fourth-order valence-corrected chi connectivity index (χ4v) is 8.17. The predicted molar refractivity (Wildman–Crippen MR) is 177 cm³/mol. The van der Waals surface area contributed by atoms with Crippen molar-refractivity contribution in [2.24, 2.45) is 17.8 Å². The van der Waals surface area contributed by atoms with E-state index in [-0.39, 0.29) is 43.9 Å². The van der Waals surface area contributed by atoms with E-state index >= 15 is 0 Å². The monoisotopic (exact) mass is 715 g/mol. The molecule has 2 fully saturated rings. The third kappa shape index (κ3) is 6.41. The molecule has 11 nitrogen and oxygen atoms in total. The highest BCUT2D eigenvalue weighted by Crippen LogP contribution is 2.59. The van der Waals surface area contributed by atoms with Gasteiger partial charge in [0.25, 0.3) is 0 Å². The van der Waals surface area contributed by atoms with E-state index in [2.05, 4.69) is 21.2 Å². The number of allylic oxidation sites excluding steroid dienone is 1. The van der Waals surface area contributed by atoms with E-state index in [1.54, 1.807) is 23.1 Å². The number of carbonyl (C=O) groups is 4. The van der Waals surface area contributed by atoms with Crippen LogP contribution in [0.4, 0.5) is 0 Å². The van der Waals surface area contributed by atoms with Crippen LogP contribution in [0.25, 0.3) is 0 Å². The van der Waals surface area contributed by atoms with Crippen LogP contribution >= 0.6 is 15.9 Å². The summed E-state index contributed by atoms with van der Waals surface area (Å²) in [6.45, 7) is 9.41. The van der Waals surface area contributed by atoms with Crippen LogP contribution in [0.5, 0.6) is 0 Å². The van der Waals surface area contributed by atoms with Crippen LogP contribution in [-0.4, -0.2) is 101 Å². The van der Waals surface area contributed by atoms with E-state index in [1.165, 1.54) is 12.0 Å². The number of likely N-dealkylation sites (tertiary alicyclic amines) is 1. The first-order valence-corrected chi connectivity index (χ1v) is 17.1. The van der Waals surface area contributed by atoms with Crippen LogP contribution in [0.15, 0.2) is 53.0 Å². The Labute approximate surface area is 284 Å². The van der Waals surface area contributed by atoms with E-state index < -0.39 is 65.2 Å².